The average Bonchev–Trinajstić information content (AvgIpc) is 3.17. The van der Waals surface area contributed by atoms with E-state index in [1.165, 1.54) is 0 Å². The van der Waals surface area contributed by atoms with E-state index >= 15 is 0 Å². The lowest BCUT2D eigenvalue weighted by molar-refractivity contribution is -0.118. The summed E-state index contributed by atoms with van der Waals surface area (Å²) in [6.07, 6.45) is 0. The van der Waals surface area contributed by atoms with E-state index < -0.39 is 0 Å². The van der Waals surface area contributed by atoms with Crippen LogP contribution in [-0.2, 0) is 9.59 Å². The Morgan fingerprint density at radius 3 is 2.50 bits per heavy atom. The molecule has 5 nitrogen and oxygen atoms in total. The van der Waals surface area contributed by atoms with Crippen molar-refractivity contribution in [1.29, 1.82) is 0 Å². The number of carbonyl (C=O) groups excluding carboxylic acids is 2. The highest BCUT2D eigenvalue weighted by molar-refractivity contribution is 8.00. The van der Waals surface area contributed by atoms with Gasteiger partial charge in [0.2, 0.25) is 5.91 Å². The van der Waals surface area contributed by atoms with Gasteiger partial charge < -0.3 is 10.1 Å². The van der Waals surface area contributed by atoms with Gasteiger partial charge in [-0.05, 0) is 66.6 Å². The molecule has 3 aromatic carbocycles. The lowest BCUT2D eigenvalue weighted by Crippen LogP contribution is -2.27. The van der Waals surface area contributed by atoms with Crippen LogP contribution in [0.15, 0.2) is 66.7 Å². The highest BCUT2D eigenvalue weighted by Crippen LogP contribution is 2.42. The summed E-state index contributed by atoms with van der Waals surface area (Å²) in [7, 11) is 0. The molecule has 1 heterocycles. The van der Waals surface area contributed by atoms with E-state index in [-0.39, 0.29) is 23.8 Å². The molecule has 3 aromatic rings. The number of aryl methyl sites for hydroxylation is 1. The first kappa shape index (κ1) is 22.5. The maximum atomic E-state index is 12.5. The molecule has 8 heteroatoms. The van der Waals surface area contributed by atoms with Gasteiger partial charge in [-0.2, -0.15) is 0 Å². The van der Waals surface area contributed by atoms with Gasteiger partial charge in [0.05, 0.1) is 5.75 Å². The number of ether oxygens (including phenoxy) is 1. The normalized spacial score (nSPS) is 15.7. The number of anilines is 2. The van der Waals surface area contributed by atoms with Crippen molar-refractivity contribution >= 4 is 58.2 Å². The van der Waals surface area contributed by atoms with Crippen LogP contribution in [0.3, 0.4) is 0 Å². The van der Waals surface area contributed by atoms with Gasteiger partial charge in [-0.3, -0.25) is 14.5 Å². The van der Waals surface area contributed by atoms with Crippen molar-refractivity contribution in [1.82, 2.24) is 0 Å². The van der Waals surface area contributed by atoms with Gasteiger partial charge in [-0.15, -0.1) is 11.8 Å². The fraction of sp³-hybridized carbons (Fsp3) is 0.167. The minimum atomic E-state index is -0.278. The fourth-order valence-electron chi connectivity index (χ4n) is 3.30. The third kappa shape index (κ3) is 5.21. The zero-order valence-corrected chi connectivity index (χ0v) is 19.5. The molecule has 32 heavy (non-hydrogen) atoms. The fourth-order valence-corrected chi connectivity index (χ4v) is 4.78. The number of halogens is 2. The molecule has 0 radical (unpaired) electrons. The number of thioether (sulfide) groups is 1. The van der Waals surface area contributed by atoms with Gasteiger partial charge in [0.1, 0.15) is 11.1 Å². The Balaban J connectivity index is 1.38. The van der Waals surface area contributed by atoms with E-state index in [2.05, 4.69) is 5.32 Å². The maximum Gasteiger partial charge on any atom is 0.262 e. The summed E-state index contributed by atoms with van der Waals surface area (Å²) in [5, 5.41) is 3.85. The van der Waals surface area contributed by atoms with Crippen molar-refractivity contribution in [3.05, 3.63) is 87.9 Å². The number of carbonyl (C=O) groups is 2. The molecule has 164 valence electrons. The van der Waals surface area contributed by atoms with Crippen LogP contribution in [0, 0.1) is 6.92 Å². The molecule has 4 rings (SSSR count). The predicted octanol–water partition coefficient (Wildman–Crippen LogP) is 6.10. The second-order valence-electron chi connectivity index (χ2n) is 7.27. The topological polar surface area (TPSA) is 58.6 Å². The summed E-state index contributed by atoms with van der Waals surface area (Å²) in [5.41, 5.74) is 3.34. The highest BCUT2D eigenvalue weighted by atomic mass is 35.5. The summed E-state index contributed by atoms with van der Waals surface area (Å²) >= 11 is 13.6. The first-order valence-electron chi connectivity index (χ1n) is 9.89. The maximum absolute atomic E-state index is 12.5. The molecule has 1 N–H and O–H groups in total. The molecule has 1 fully saturated rings. The molecule has 0 bridgehead atoms. The number of amides is 2. The first-order valence-corrected chi connectivity index (χ1v) is 11.7. The number of hydrogen-bond acceptors (Lipinski definition) is 4. The summed E-state index contributed by atoms with van der Waals surface area (Å²) in [6.45, 7) is 1.77. The summed E-state index contributed by atoms with van der Waals surface area (Å²) < 4.78 is 5.61. The van der Waals surface area contributed by atoms with Crippen LogP contribution in [0.5, 0.6) is 5.75 Å². The predicted molar refractivity (Wildman–Crippen MR) is 131 cm³/mol. The molecular formula is C24H20Cl2N2O3S. The van der Waals surface area contributed by atoms with Crippen molar-refractivity contribution in [3.8, 4) is 5.75 Å². The third-order valence-corrected chi connectivity index (χ3v) is 6.83. The van der Waals surface area contributed by atoms with Gasteiger partial charge in [0.15, 0.2) is 6.61 Å². The Bertz CT molecular complexity index is 1140. The molecule has 0 aromatic heterocycles. The molecular weight excluding hydrogens is 467 g/mol. The van der Waals surface area contributed by atoms with E-state index in [4.69, 9.17) is 27.9 Å². The number of nitrogens with one attached hydrogen (secondary N) is 1. The minimum absolute atomic E-state index is 0.0514. The molecule has 1 aliphatic rings. The zero-order valence-electron chi connectivity index (χ0n) is 17.2. The van der Waals surface area contributed by atoms with Gasteiger partial charge in [-0.1, -0.05) is 41.4 Å². The first-order chi connectivity index (χ1) is 15.4. The summed E-state index contributed by atoms with van der Waals surface area (Å²) in [4.78, 5) is 26.4. The van der Waals surface area contributed by atoms with Crippen LogP contribution in [0.1, 0.15) is 16.5 Å². The molecule has 0 aliphatic carbocycles. The van der Waals surface area contributed by atoms with Crippen LogP contribution < -0.4 is 15.0 Å². The lowest BCUT2D eigenvalue weighted by atomic mass is 10.2. The minimum Gasteiger partial charge on any atom is -0.484 e. The Kier molecular flexibility index (Phi) is 6.94. The van der Waals surface area contributed by atoms with Crippen molar-refractivity contribution in [2.45, 2.75) is 12.3 Å². The zero-order chi connectivity index (χ0) is 22.7. The van der Waals surface area contributed by atoms with Crippen LogP contribution in [0.2, 0.25) is 10.0 Å². The Hall–Kier alpha value is -2.67. The monoisotopic (exact) mass is 486 g/mol. The van der Waals surface area contributed by atoms with Crippen LogP contribution >= 0.6 is 35.0 Å². The second kappa shape index (κ2) is 9.86. The number of benzene rings is 3. The summed E-state index contributed by atoms with van der Waals surface area (Å²) in [5.74, 6) is 0.753. The van der Waals surface area contributed by atoms with Crippen molar-refractivity contribution in [2.75, 3.05) is 22.6 Å². The number of hydrogen-bond donors (Lipinski definition) is 1. The van der Waals surface area contributed by atoms with Crippen LogP contribution in [0.25, 0.3) is 0 Å². The van der Waals surface area contributed by atoms with Crippen LogP contribution in [-0.4, -0.2) is 24.2 Å². The number of nitrogens with zero attached hydrogens (tertiary/aromatic N) is 1. The van der Waals surface area contributed by atoms with E-state index in [9.17, 15) is 9.59 Å². The van der Waals surface area contributed by atoms with E-state index in [1.807, 2.05) is 37.3 Å². The van der Waals surface area contributed by atoms with Gasteiger partial charge in [0.25, 0.3) is 5.91 Å². The Morgan fingerprint density at radius 2 is 1.81 bits per heavy atom. The molecule has 2 amide bonds. The molecule has 0 spiro atoms. The van der Waals surface area contributed by atoms with Crippen LogP contribution in [0.4, 0.5) is 11.4 Å². The third-order valence-electron chi connectivity index (χ3n) is 4.96. The lowest BCUT2D eigenvalue weighted by Gasteiger charge is -2.24. The smallest absolute Gasteiger partial charge is 0.262 e. The average molecular weight is 487 g/mol. The second-order valence-corrected chi connectivity index (χ2v) is 9.19. The van der Waals surface area contributed by atoms with Crippen molar-refractivity contribution in [3.63, 3.8) is 0 Å². The molecule has 1 aliphatic heterocycles. The van der Waals surface area contributed by atoms with Crippen molar-refractivity contribution in [2.24, 2.45) is 0 Å². The van der Waals surface area contributed by atoms with Crippen molar-refractivity contribution < 1.29 is 14.3 Å². The van der Waals surface area contributed by atoms with Gasteiger partial charge in [0, 0.05) is 21.4 Å². The van der Waals surface area contributed by atoms with Gasteiger partial charge in [-0.25, -0.2) is 0 Å². The molecule has 1 atom stereocenters. The quantitative estimate of drug-likeness (QED) is 0.457. The molecule has 0 saturated carbocycles. The van der Waals surface area contributed by atoms with E-state index in [0.717, 1.165) is 16.8 Å². The SMILES string of the molecule is Cc1ccc(NC(=O)COc2ccc([C@H]3SCC(=O)N3c3ccc(Cl)cc3)cc2)cc1Cl. The highest BCUT2D eigenvalue weighted by Gasteiger charge is 2.34. The molecule has 1 saturated heterocycles. The van der Waals surface area contributed by atoms with Gasteiger partial charge >= 0.3 is 0 Å². The Labute approximate surface area is 200 Å². The number of rotatable bonds is 6. The molecule has 0 unspecified atom stereocenters. The Morgan fingerprint density at radius 1 is 1.09 bits per heavy atom. The summed E-state index contributed by atoms with van der Waals surface area (Å²) in [6, 6.07) is 20.0. The standard InChI is InChI=1S/C24H20Cl2N2O3S/c1-15-2-7-18(12-21(15)26)27-22(29)13-31-20-10-3-16(4-11-20)24-28(23(30)14-32-24)19-8-5-17(25)6-9-19/h2-12,24H,13-14H2,1H3,(H,27,29)/t24-/m1/s1. The largest absolute Gasteiger partial charge is 0.484 e. The van der Waals surface area contributed by atoms with E-state index in [0.29, 0.717) is 27.2 Å². The van der Waals surface area contributed by atoms with E-state index in [1.54, 1.807) is 53.1 Å².